The molecule has 4 rings (SSSR count). The number of hydrogen-bond donors (Lipinski definition) is 3. The zero-order chi connectivity index (χ0) is 23.5. The normalized spacial score (nSPS) is 14.6. The van der Waals surface area contributed by atoms with Crippen molar-refractivity contribution < 1.29 is 16.8 Å². The van der Waals surface area contributed by atoms with Crippen LogP contribution in [0.2, 0.25) is 0 Å². The third kappa shape index (κ3) is 5.29. The number of anilines is 3. The molecule has 3 aromatic rings. The molecule has 1 aliphatic rings. The van der Waals surface area contributed by atoms with E-state index < -0.39 is 20.0 Å². The Labute approximate surface area is 194 Å². The Bertz CT molecular complexity index is 1340. The molecule has 0 unspecified atom stereocenters. The lowest BCUT2D eigenvalue weighted by Gasteiger charge is -2.30. The topological polar surface area (TPSA) is 108 Å². The number of piperazine rings is 1. The molecule has 1 saturated heterocycles. The molecule has 1 aliphatic heterocycles. The van der Waals surface area contributed by atoms with Crippen molar-refractivity contribution in [1.82, 2.24) is 5.32 Å². The molecule has 0 aliphatic carbocycles. The van der Waals surface area contributed by atoms with Crippen LogP contribution in [0.25, 0.3) is 0 Å². The fourth-order valence-corrected chi connectivity index (χ4v) is 6.11. The molecule has 1 fully saturated rings. The van der Waals surface area contributed by atoms with Gasteiger partial charge in [-0.05, 0) is 48.9 Å². The van der Waals surface area contributed by atoms with Crippen LogP contribution in [0.3, 0.4) is 0 Å². The largest absolute Gasteiger partial charge is 0.369 e. The maximum Gasteiger partial charge on any atom is 0.262 e. The van der Waals surface area contributed by atoms with Gasteiger partial charge in [0.15, 0.2) is 0 Å². The maximum absolute atomic E-state index is 13.1. The van der Waals surface area contributed by atoms with E-state index >= 15 is 0 Å². The Morgan fingerprint density at radius 3 is 2.09 bits per heavy atom. The highest BCUT2D eigenvalue weighted by Gasteiger charge is 2.22. The van der Waals surface area contributed by atoms with Crippen LogP contribution < -0.4 is 19.7 Å². The first kappa shape index (κ1) is 23.1. The predicted molar refractivity (Wildman–Crippen MR) is 131 cm³/mol. The number of rotatable bonds is 7. The van der Waals surface area contributed by atoms with Crippen LogP contribution in [0.4, 0.5) is 17.1 Å². The summed E-state index contributed by atoms with van der Waals surface area (Å²) in [7, 11) is -7.86. The molecule has 0 amide bonds. The molecule has 1 heterocycles. The van der Waals surface area contributed by atoms with Crippen molar-refractivity contribution in [3.05, 3.63) is 78.4 Å². The van der Waals surface area contributed by atoms with E-state index in [1.165, 1.54) is 18.2 Å². The molecule has 0 bridgehead atoms. The first-order chi connectivity index (χ1) is 15.8. The van der Waals surface area contributed by atoms with Crippen LogP contribution in [0.15, 0.2) is 82.6 Å². The summed E-state index contributed by atoms with van der Waals surface area (Å²) in [5.41, 5.74) is 1.71. The van der Waals surface area contributed by atoms with Gasteiger partial charge in [0.2, 0.25) is 0 Å². The van der Waals surface area contributed by atoms with Gasteiger partial charge in [0.1, 0.15) is 0 Å². The van der Waals surface area contributed by atoms with Gasteiger partial charge in [-0.2, -0.15) is 0 Å². The monoisotopic (exact) mass is 486 g/mol. The van der Waals surface area contributed by atoms with Gasteiger partial charge in [0, 0.05) is 31.9 Å². The Hall–Kier alpha value is -3.08. The van der Waals surface area contributed by atoms with E-state index in [4.69, 9.17) is 0 Å². The van der Waals surface area contributed by atoms with Crippen molar-refractivity contribution in [1.29, 1.82) is 0 Å². The minimum Gasteiger partial charge on any atom is -0.369 e. The zero-order valence-electron chi connectivity index (χ0n) is 18.2. The van der Waals surface area contributed by atoms with Gasteiger partial charge in [-0.1, -0.05) is 36.4 Å². The van der Waals surface area contributed by atoms with Gasteiger partial charge in [0.05, 0.1) is 21.2 Å². The van der Waals surface area contributed by atoms with Crippen molar-refractivity contribution in [3.63, 3.8) is 0 Å². The van der Waals surface area contributed by atoms with Crippen molar-refractivity contribution in [2.75, 3.05) is 40.5 Å². The Balaban J connectivity index is 1.74. The Morgan fingerprint density at radius 2 is 1.39 bits per heavy atom. The molecule has 0 radical (unpaired) electrons. The van der Waals surface area contributed by atoms with E-state index in [1.54, 1.807) is 61.5 Å². The molecule has 0 saturated carbocycles. The summed E-state index contributed by atoms with van der Waals surface area (Å²) >= 11 is 0. The third-order valence-corrected chi connectivity index (χ3v) is 8.32. The molecule has 8 nitrogen and oxygen atoms in total. The second kappa shape index (κ2) is 9.42. The number of nitrogens with zero attached hydrogens (tertiary/aromatic N) is 1. The highest BCUT2D eigenvalue weighted by molar-refractivity contribution is 7.93. The summed E-state index contributed by atoms with van der Waals surface area (Å²) in [5, 5.41) is 3.28. The molecule has 0 aromatic heterocycles. The number of nitrogens with one attached hydrogen (secondary N) is 3. The molecule has 3 aromatic carbocycles. The van der Waals surface area contributed by atoms with Gasteiger partial charge in [0.25, 0.3) is 20.0 Å². The quantitative estimate of drug-likeness (QED) is 0.474. The zero-order valence-corrected chi connectivity index (χ0v) is 19.8. The van der Waals surface area contributed by atoms with Crippen LogP contribution >= 0.6 is 0 Å². The minimum absolute atomic E-state index is 0.0882. The van der Waals surface area contributed by atoms with E-state index in [2.05, 4.69) is 19.7 Å². The summed E-state index contributed by atoms with van der Waals surface area (Å²) in [6.07, 6.45) is 0. The molecule has 174 valence electrons. The molecule has 0 spiro atoms. The summed E-state index contributed by atoms with van der Waals surface area (Å²) in [6, 6.07) is 19.6. The van der Waals surface area contributed by atoms with Crippen molar-refractivity contribution in [2.24, 2.45) is 0 Å². The predicted octanol–water partition coefficient (Wildman–Crippen LogP) is 3.01. The fourth-order valence-electron chi connectivity index (χ4n) is 3.69. The van der Waals surface area contributed by atoms with Crippen LogP contribution in [0.1, 0.15) is 5.56 Å². The highest BCUT2D eigenvalue weighted by atomic mass is 32.2. The summed E-state index contributed by atoms with van der Waals surface area (Å²) in [4.78, 5) is 2.34. The fraction of sp³-hybridized carbons (Fsp3) is 0.217. The maximum atomic E-state index is 13.1. The van der Waals surface area contributed by atoms with Gasteiger partial charge in [-0.15, -0.1) is 0 Å². The van der Waals surface area contributed by atoms with Gasteiger partial charge in [-0.25, -0.2) is 16.8 Å². The third-order valence-electron chi connectivity index (χ3n) is 5.41. The highest BCUT2D eigenvalue weighted by Crippen LogP contribution is 2.32. The van der Waals surface area contributed by atoms with Crippen LogP contribution in [0, 0.1) is 6.92 Å². The lowest BCUT2D eigenvalue weighted by Crippen LogP contribution is -2.43. The van der Waals surface area contributed by atoms with E-state index in [0.717, 1.165) is 31.9 Å². The summed E-state index contributed by atoms with van der Waals surface area (Å²) < 4.78 is 57.4. The smallest absolute Gasteiger partial charge is 0.262 e. The molecule has 33 heavy (non-hydrogen) atoms. The molecule has 3 N–H and O–H groups in total. The Kier molecular flexibility index (Phi) is 6.59. The van der Waals surface area contributed by atoms with E-state index in [-0.39, 0.29) is 21.2 Å². The number of aryl methyl sites for hydroxylation is 1. The van der Waals surface area contributed by atoms with Crippen molar-refractivity contribution in [3.8, 4) is 0 Å². The second-order valence-corrected chi connectivity index (χ2v) is 11.1. The van der Waals surface area contributed by atoms with Gasteiger partial charge in [-0.3, -0.25) is 9.44 Å². The first-order valence-electron chi connectivity index (χ1n) is 10.5. The number of benzene rings is 3. The van der Waals surface area contributed by atoms with Crippen LogP contribution in [-0.2, 0) is 20.0 Å². The SMILES string of the molecule is Cc1ccccc1S(=O)(=O)Nc1ccc(N2CCNCC2)cc1NS(=O)(=O)c1ccccc1. The van der Waals surface area contributed by atoms with E-state index in [9.17, 15) is 16.8 Å². The number of sulfonamides is 2. The summed E-state index contributed by atoms with van der Waals surface area (Å²) in [6.45, 7) is 4.86. The van der Waals surface area contributed by atoms with Crippen molar-refractivity contribution in [2.45, 2.75) is 16.7 Å². The average Bonchev–Trinajstić information content (AvgIpc) is 2.81. The molecular formula is C23H26N4O4S2. The minimum atomic E-state index is -3.93. The van der Waals surface area contributed by atoms with Gasteiger partial charge >= 0.3 is 0 Å². The lowest BCUT2D eigenvalue weighted by atomic mass is 10.2. The molecule has 10 heteroatoms. The van der Waals surface area contributed by atoms with Crippen LogP contribution in [0.5, 0.6) is 0 Å². The van der Waals surface area contributed by atoms with E-state index in [0.29, 0.717) is 5.56 Å². The standard InChI is InChI=1S/C23H26N4O4S2/c1-18-7-5-6-10-23(18)33(30,31)25-21-12-11-19(27-15-13-24-14-16-27)17-22(21)26-32(28,29)20-8-3-2-4-9-20/h2-12,17,24-26H,13-16H2,1H3. The lowest BCUT2D eigenvalue weighted by molar-refractivity contribution is 0.589. The molecule has 0 atom stereocenters. The van der Waals surface area contributed by atoms with Crippen molar-refractivity contribution >= 4 is 37.1 Å². The van der Waals surface area contributed by atoms with E-state index in [1.807, 2.05) is 0 Å². The number of hydrogen-bond acceptors (Lipinski definition) is 6. The second-order valence-electron chi connectivity index (χ2n) is 7.76. The first-order valence-corrected chi connectivity index (χ1v) is 13.5. The van der Waals surface area contributed by atoms with Crippen LogP contribution in [-0.4, -0.2) is 43.0 Å². The van der Waals surface area contributed by atoms with Gasteiger partial charge < -0.3 is 10.2 Å². The Morgan fingerprint density at radius 1 is 0.758 bits per heavy atom. The average molecular weight is 487 g/mol. The summed E-state index contributed by atoms with van der Waals surface area (Å²) in [5.74, 6) is 0. The molecular weight excluding hydrogens is 460 g/mol.